The number of hydrogen-bond acceptors (Lipinski definition) is 4. The molecule has 0 bridgehead atoms. The standard InChI is InChI=1S/C15H19N5O/c1-11-7-12(2)9-19(8-11)15(21)13-3-5-14(6-4-13)20-10-16-17-18-20/h3-6,10-12H,7-9H2,1-2H3/t11-,12-/m0/s1. The maximum Gasteiger partial charge on any atom is 0.253 e. The van der Waals surface area contributed by atoms with Gasteiger partial charge in [0.25, 0.3) is 5.91 Å². The third kappa shape index (κ3) is 2.94. The molecule has 1 aliphatic heterocycles. The molecule has 1 amide bonds. The third-order valence-electron chi connectivity index (χ3n) is 3.88. The van der Waals surface area contributed by atoms with Gasteiger partial charge < -0.3 is 4.90 Å². The lowest BCUT2D eigenvalue weighted by Crippen LogP contribution is -2.42. The predicted octanol–water partition coefficient (Wildman–Crippen LogP) is 1.78. The number of benzene rings is 1. The van der Waals surface area contributed by atoms with Gasteiger partial charge in [-0.3, -0.25) is 4.79 Å². The Balaban J connectivity index is 1.76. The smallest absolute Gasteiger partial charge is 0.253 e. The SMILES string of the molecule is C[C@H]1C[C@H](C)CN(C(=O)c2ccc(-n3cnnn3)cc2)C1. The quantitative estimate of drug-likeness (QED) is 0.843. The molecule has 0 unspecified atom stereocenters. The maximum absolute atomic E-state index is 12.6. The van der Waals surface area contributed by atoms with Crippen molar-refractivity contribution in [2.75, 3.05) is 13.1 Å². The number of carbonyl (C=O) groups is 1. The fraction of sp³-hybridized carbons (Fsp3) is 0.467. The van der Waals surface area contributed by atoms with Crippen LogP contribution in [-0.2, 0) is 0 Å². The highest BCUT2D eigenvalue weighted by Gasteiger charge is 2.26. The van der Waals surface area contributed by atoms with Crippen LogP contribution in [0, 0.1) is 11.8 Å². The van der Waals surface area contributed by atoms with Crippen molar-refractivity contribution >= 4 is 5.91 Å². The summed E-state index contributed by atoms with van der Waals surface area (Å²) in [6.45, 7) is 6.10. The Kier molecular flexibility index (Phi) is 3.68. The van der Waals surface area contributed by atoms with Crippen LogP contribution >= 0.6 is 0 Å². The lowest BCUT2D eigenvalue weighted by Gasteiger charge is -2.35. The minimum Gasteiger partial charge on any atom is -0.338 e. The molecule has 6 nitrogen and oxygen atoms in total. The topological polar surface area (TPSA) is 63.9 Å². The average Bonchev–Trinajstić information content (AvgIpc) is 3.00. The molecule has 0 spiro atoms. The second kappa shape index (κ2) is 5.63. The van der Waals surface area contributed by atoms with Crippen LogP contribution in [0.15, 0.2) is 30.6 Å². The normalized spacial score (nSPS) is 22.3. The van der Waals surface area contributed by atoms with Gasteiger partial charge in [-0.25, -0.2) is 4.68 Å². The van der Waals surface area contributed by atoms with Gasteiger partial charge in [-0.1, -0.05) is 13.8 Å². The van der Waals surface area contributed by atoms with E-state index >= 15 is 0 Å². The average molecular weight is 285 g/mol. The zero-order valence-corrected chi connectivity index (χ0v) is 12.3. The fourth-order valence-corrected chi connectivity index (χ4v) is 3.05. The molecule has 1 aromatic carbocycles. The van der Waals surface area contributed by atoms with Crippen LogP contribution < -0.4 is 0 Å². The van der Waals surface area contributed by atoms with Crippen molar-refractivity contribution in [1.82, 2.24) is 25.1 Å². The first-order valence-corrected chi connectivity index (χ1v) is 7.26. The van der Waals surface area contributed by atoms with E-state index in [1.54, 1.807) is 4.68 Å². The molecule has 0 N–H and O–H groups in total. The number of amides is 1. The molecule has 21 heavy (non-hydrogen) atoms. The van der Waals surface area contributed by atoms with E-state index in [2.05, 4.69) is 29.4 Å². The summed E-state index contributed by atoms with van der Waals surface area (Å²) < 4.78 is 1.57. The van der Waals surface area contributed by atoms with E-state index in [0.29, 0.717) is 17.4 Å². The number of aromatic nitrogens is 4. The summed E-state index contributed by atoms with van der Waals surface area (Å²) in [6, 6.07) is 7.40. The molecule has 0 saturated carbocycles. The summed E-state index contributed by atoms with van der Waals surface area (Å²) in [4.78, 5) is 14.5. The highest BCUT2D eigenvalue weighted by molar-refractivity contribution is 5.94. The lowest BCUT2D eigenvalue weighted by atomic mass is 9.91. The highest BCUT2D eigenvalue weighted by Crippen LogP contribution is 2.22. The van der Waals surface area contributed by atoms with Crippen LogP contribution in [0.2, 0.25) is 0 Å². The van der Waals surface area contributed by atoms with Crippen LogP contribution in [0.1, 0.15) is 30.6 Å². The van der Waals surface area contributed by atoms with Gasteiger partial charge in [0.05, 0.1) is 5.69 Å². The van der Waals surface area contributed by atoms with Gasteiger partial charge in [-0.2, -0.15) is 0 Å². The molecule has 6 heteroatoms. The van der Waals surface area contributed by atoms with Gasteiger partial charge in [0.1, 0.15) is 6.33 Å². The minimum atomic E-state index is 0.108. The van der Waals surface area contributed by atoms with Gasteiger partial charge in [0.15, 0.2) is 0 Å². The Bertz CT molecular complexity index is 598. The van der Waals surface area contributed by atoms with Crippen molar-refractivity contribution < 1.29 is 4.79 Å². The Labute approximate surface area is 123 Å². The van der Waals surface area contributed by atoms with Crippen LogP contribution in [0.3, 0.4) is 0 Å². The van der Waals surface area contributed by atoms with Crippen molar-refractivity contribution in [1.29, 1.82) is 0 Å². The van der Waals surface area contributed by atoms with E-state index in [4.69, 9.17) is 0 Å². The first-order chi connectivity index (χ1) is 10.1. The van der Waals surface area contributed by atoms with Crippen molar-refractivity contribution in [2.24, 2.45) is 11.8 Å². The van der Waals surface area contributed by atoms with E-state index in [-0.39, 0.29) is 5.91 Å². The summed E-state index contributed by atoms with van der Waals surface area (Å²) in [5.74, 6) is 1.24. The lowest BCUT2D eigenvalue weighted by molar-refractivity contribution is 0.0623. The van der Waals surface area contributed by atoms with Gasteiger partial charge >= 0.3 is 0 Å². The summed E-state index contributed by atoms with van der Waals surface area (Å²) in [5.41, 5.74) is 1.56. The van der Waals surface area contributed by atoms with Crippen molar-refractivity contribution in [3.8, 4) is 5.69 Å². The van der Waals surface area contributed by atoms with E-state index in [9.17, 15) is 4.79 Å². The van der Waals surface area contributed by atoms with E-state index in [1.165, 1.54) is 12.7 Å². The largest absolute Gasteiger partial charge is 0.338 e. The van der Waals surface area contributed by atoms with E-state index in [1.807, 2.05) is 29.2 Å². The van der Waals surface area contributed by atoms with Crippen LogP contribution in [0.4, 0.5) is 0 Å². The molecule has 1 aliphatic rings. The summed E-state index contributed by atoms with van der Waals surface area (Å²) >= 11 is 0. The molecule has 2 aromatic rings. The monoisotopic (exact) mass is 285 g/mol. The predicted molar refractivity (Wildman–Crippen MR) is 78.0 cm³/mol. The van der Waals surface area contributed by atoms with Crippen LogP contribution in [-0.4, -0.2) is 44.1 Å². The second-order valence-corrected chi connectivity index (χ2v) is 5.96. The van der Waals surface area contributed by atoms with Crippen LogP contribution in [0.5, 0.6) is 0 Å². The van der Waals surface area contributed by atoms with Gasteiger partial charge in [-0.15, -0.1) is 5.10 Å². The highest BCUT2D eigenvalue weighted by atomic mass is 16.2. The number of carbonyl (C=O) groups excluding carboxylic acids is 1. The Morgan fingerprint density at radius 3 is 2.38 bits per heavy atom. The Hall–Kier alpha value is -2.24. The molecule has 0 radical (unpaired) electrons. The molecule has 0 aliphatic carbocycles. The van der Waals surface area contributed by atoms with Crippen molar-refractivity contribution in [3.05, 3.63) is 36.2 Å². The fourth-order valence-electron chi connectivity index (χ4n) is 3.05. The number of hydrogen-bond donors (Lipinski definition) is 0. The van der Waals surface area contributed by atoms with E-state index < -0.39 is 0 Å². The molecule has 1 saturated heterocycles. The second-order valence-electron chi connectivity index (χ2n) is 5.96. The zero-order chi connectivity index (χ0) is 14.8. The molecule has 1 fully saturated rings. The number of piperidine rings is 1. The van der Waals surface area contributed by atoms with Crippen molar-refractivity contribution in [3.63, 3.8) is 0 Å². The maximum atomic E-state index is 12.6. The molecular formula is C15H19N5O. The Morgan fingerprint density at radius 1 is 1.14 bits per heavy atom. The van der Waals surface area contributed by atoms with Gasteiger partial charge in [0, 0.05) is 18.7 Å². The summed E-state index contributed by atoms with van der Waals surface area (Å²) in [7, 11) is 0. The van der Waals surface area contributed by atoms with Gasteiger partial charge in [-0.05, 0) is 52.9 Å². The summed E-state index contributed by atoms with van der Waals surface area (Å²) in [5, 5.41) is 11.0. The molecule has 1 aromatic heterocycles. The molecular weight excluding hydrogens is 266 g/mol. The number of nitrogens with zero attached hydrogens (tertiary/aromatic N) is 5. The molecule has 3 rings (SSSR count). The zero-order valence-electron chi connectivity index (χ0n) is 12.3. The van der Waals surface area contributed by atoms with Crippen LogP contribution in [0.25, 0.3) is 5.69 Å². The number of rotatable bonds is 2. The van der Waals surface area contributed by atoms with E-state index in [0.717, 1.165) is 18.8 Å². The first-order valence-electron chi connectivity index (χ1n) is 7.26. The molecule has 2 atom stereocenters. The molecule has 2 heterocycles. The van der Waals surface area contributed by atoms with Crippen molar-refractivity contribution in [2.45, 2.75) is 20.3 Å². The number of tetrazole rings is 1. The minimum absolute atomic E-state index is 0.108. The molecule has 110 valence electrons. The number of likely N-dealkylation sites (tertiary alicyclic amines) is 1. The summed E-state index contributed by atoms with van der Waals surface area (Å²) in [6.07, 6.45) is 2.73. The Morgan fingerprint density at radius 2 is 1.81 bits per heavy atom. The first kappa shape index (κ1) is 13.7. The third-order valence-corrected chi connectivity index (χ3v) is 3.88. The van der Waals surface area contributed by atoms with Gasteiger partial charge in [0.2, 0.25) is 0 Å².